The van der Waals surface area contributed by atoms with Gasteiger partial charge in [0.2, 0.25) is 5.91 Å². The molecule has 1 amide bonds. The van der Waals surface area contributed by atoms with Crippen LogP contribution in [-0.4, -0.2) is 14.3 Å². The number of nitrogens with two attached hydrogens (primary N) is 1. The van der Waals surface area contributed by atoms with Gasteiger partial charge in [-0.25, -0.2) is 0 Å². The largest absolute Gasteiger partial charge is 0.369 e. The van der Waals surface area contributed by atoms with Crippen LogP contribution in [0.2, 0.25) is 0 Å². The van der Waals surface area contributed by atoms with E-state index >= 15 is 0 Å². The summed E-state index contributed by atoms with van der Waals surface area (Å²) in [7, 11) is -2.53. The van der Waals surface area contributed by atoms with Gasteiger partial charge in [-0.15, -0.1) is 4.36 Å². The molecule has 0 saturated carbocycles. The fourth-order valence-corrected chi connectivity index (χ4v) is 1.50. The van der Waals surface area contributed by atoms with Gasteiger partial charge in [0, 0.05) is 0 Å². The maximum atomic E-state index is 11.0. The molecule has 0 bridgehead atoms. The van der Waals surface area contributed by atoms with Crippen LogP contribution < -0.4 is 5.73 Å². The Labute approximate surface area is 88.6 Å². The molecule has 0 saturated heterocycles. The van der Waals surface area contributed by atoms with Crippen LogP contribution in [-0.2, 0) is 15.3 Å². The lowest BCUT2D eigenvalue weighted by atomic mass is 9.99. The van der Waals surface area contributed by atoms with Crippen LogP contribution in [0.1, 0.15) is 18.4 Å². The van der Waals surface area contributed by atoms with Crippen LogP contribution in [0.25, 0.3) is 0 Å². The fraction of sp³-hybridized carbons (Fsp3) is 0.222. The Bertz CT molecular complexity index is 500. The smallest absolute Gasteiger partial charge is 0.316 e. The van der Waals surface area contributed by atoms with Crippen molar-refractivity contribution in [1.29, 1.82) is 0 Å². The number of hydrogen-bond donors (Lipinski definition) is 1. The average molecular weight is 226 g/mol. The molecule has 80 valence electrons. The summed E-state index contributed by atoms with van der Waals surface area (Å²) in [4.78, 5) is 11.0. The quantitative estimate of drug-likeness (QED) is 0.832. The van der Waals surface area contributed by atoms with E-state index < -0.39 is 22.3 Å². The Morgan fingerprint density at radius 3 is 2.53 bits per heavy atom. The third-order valence-corrected chi connectivity index (χ3v) is 2.35. The van der Waals surface area contributed by atoms with Crippen molar-refractivity contribution in [1.82, 2.24) is 0 Å². The Morgan fingerprint density at radius 2 is 2.00 bits per heavy atom. The van der Waals surface area contributed by atoms with Gasteiger partial charge in [0.1, 0.15) is 0 Å². The van der Waals surface area contributed by atoms with Crippen molar-refractivity contribution in [3.63, 3.8) is 0 Å². The lowest BCUT2D eigenvalue weighted by Gasteiger charge is -2.08. The zero-order valence-corrected chi connectivity index (χ0v) is 8.86. The van der Waals surface area contributed by atoms with E-state index in [1.54, 1.807) is 25.1 Å². The van der Waals surface area contributed by atoms with Crippen LogP contribution in [0.3, 0.4) is 0 Å². The Morgan fingerprint density at radius 1 is 1.40 bits per heavy atom. The van der Waals surface area contributed by atoms with Crippen molar-refractivity contribution < 1.29 is 13.2 Å². The minimum atomic E-state index is -2.53. The second-order valence-corrected chi connectivity index (χ2v) is 3.61. The lowest BCUT2D eigenvalue weighted by molar-refractivity contribution is -0.119. The van der Waals surface area contributed by atoms with Crippen molar-refractivity contribution in [3.8, 4) is 0 Å². The summed E-state index contributed by atoms with van der Waals surface area (Å²) < 4.78 is 24.2. The molecule has 0 aliphatic carbocycles. The normalized spacial score (nSPS) is 11.8. The van der Waals surface area contributed by atoms with E-state index in [2.05, 4.69) is 4.36 Å². The van der Waals surface area contributed by atoms with Gasteiger partial charge in [-0.2, -0.15) is 8.42 Å². The molecule has 1 aromatic carbocycles. The molecule has 1 atom stereocenters. The first-order valence-corrected chi connectivity index (χ1v) is 5.25. The molecule has 0 radical (unpaired) electrons. The topological polar surface area (TPSA) is 89.6 Å². The van der Waals surface area contributed by atoms with Gasteiger partial charge in [-0.3, -0.25) is 4.79 Å². The molecule has 0 heterocycles. The van der Waals surface area contributed by atoms with Gasteiger partial charge in [0.05, 0.1) is 11.6 Å². The molecular weight excluding hydrogens is 216 g/mol. The van der Waals surface area contributed by atoms with Gasteiger partial charge in [0.15, 0.2) is 0 Å². The zero-order valence-electron chi connectivity index (χ0n) is 8.04. The van der Waals surface area contributed by atoms with Gasteiger partial charge in [-0.1, -0.05) is 18.2 Å². The molecular formula is C9H10N2O3S. The van der Waals surface area contributed by atoms with Crippen LogP contribution in [0.4, 0.5) is 5.69 Å². The molecule has 6 heteroatoms. The number of hydrogen-bond acceptors (Lipinski definition) is 4. The number of carbonyl (C=O) groups excluding carboxylic acids is 1. The third kappa shape index (κ3) is 2.88. The van der Waals surface area contributed by atoms with Crippen LogP contribution in [0.5, 0.6) is 0 Å². The SMILES string of the molecule is C[C@@H](C(N)=O)c1ccccc1N=S(=O)=O. The van der Waals surface area contributed by atoms with E-state index in [1.165, 1.54) is 6.07 Å². The van der Waals surface area contributed by atoms with Crippen LogP contribution in [0.15, 0.2) is 28.6 Å². The van der Waals surface area contributed by atoms with Crippen molar-refractivity contribution in [2.24, 2.45) is 10.1 Å². The molecule has 1 rings (SSSR count). The maximum absolute atomic E-state index is 11.0. The Kier molecular flexibility index (Phi) is 3.56. The van der Waals surface area contributed by atoms with Crippen LogP contribution in [0, 0.1) is 0 Å². The van der Waals surface area contributed by atoms with E-state index in [0.29, 0.717) is 5.56 Å². The molecule has 0 aliphatic heterocycles. The highest BCUT2D eigenvalue weighted by Crippen LogP contribution is 2.26. The molecule has 15 heavy (non-hydrogen) atoms. The number of benzene rings is 1. The first-order valence-electron chi connectivity index (χ1n) is 4.21. The molecule has 0 aliphatic rings. The number of rotatable bonds is 3. The minimum absolute atomic E-state index is 0.247. The van der Waals surface area contributed by atoms with Crippen molar-refractivity contribution >= 4 is 22.1 Å². The highest BCUT2D eigenvalue weighted by atomic mass is 32.2. The third-order valence-electron chi connectivity index (χ3n) is 2.00. The van der Waals surface area contributed by atoms with E-state index in [0.717, 1.165) is 0 Å². The van der Waals surface area contributed by atoms with Crippen molar-refractivity contribution in [3.05, 3.63) is 29.8 Å². The average Bonchev–Trinajstić information content (AvgIpc) is 2.16. The predicted octanol–water partition coefficient (Wildman–Crippen LogP) is 0.970. The van der Waals surface area contributed by atoms with E-state index in [1.807, 2.05) is 0 Å². The fourth-order valence-electron chi connectivity index (χ4n) is 1.17. The molecule has 0 fully saturated rings. The highest BCUT2D eigenvalue weighted by Gasteiger charge is 2.14. The molecule has 1 aromatic rings. The maximum Gasteiger partial charge on any atom is 0.316 e. The molecule has 0 unspecified atom stereocenters. The summed E-state index contributed by atoms with van der Waals surface area (Å²) >= 11 is 0. The van der Waals surface area contributed by atoms with E-state index in [9.17, 15) is 13.2 Å². The monoisotopic (exact) mass is 226 g/mol. The number of carbonyl (C=O) groups is 1. The Hall–Kier alpha value is -1.69. The van der Waals surface area contributed by atoms with Crippen molar-refractivity contribution in [2.75, 3.05) is 0 Å². The van der Waals surface area contributed by atoms with Gasteiger partial charge in [0.25, 0.3) is 0 Å². The summed E-state index contributed by atoms with van der Waals surface area (Å²) in [6.45, 7) is 1.60. The first kappa shape index (κ1) is 11.4. The molecule has 0 spiro atoms. The van der Waals surface area contributed by atoms with E-state index in [-0.39, 0.29) is 5.69 Å². The summed E-state index contributed by atoms with van der Waals surface area (Å²) in [5, 5.41) is 0. The Balaban J connectivity index is 3.29. The second kappa shape index (κ2) is 4.70. The first-order chi connectivity index (χ1) is 7.02. The van der Waals surface area contributed by atoms with Gasteiger partial charge >= 0.3 is 10.5 Å². The van der Waals surface area contributed by atoms with Gasteiger partial charge < -0.3 is 5.73 Å². The summed E-state index contributed by atoms with van der Waals surface area (Å²) in [6.07, 6.45) is 0. The molecule has 2 N–H and O–H groups in total. The minimum Gasteiger partial charge on any atom is -0.369 e. The number of nitrogens with zero attached hydrogens (tertiary/aromatic N) is 1. The van der Waals surface area contributed by atoms with Crippen molar-refractivity contribution in [2.45, 2.75) is 12.8 Å². The summed E-state index contributed by atoms with van der Waals surface area (Å²) in [5.41, 5.74) is 5.89. The summed E-state index contributed by atoms with van der Waals surface area (Å²) in [5.74, 6) is -1.08. The van der Waals surface area contributed by atoms with E-state index in [4.69, 9.17) is 5.73 Å². The lowest BCUT2D eigenvalue weighted by Crippen LogP contribution is -2.18. The van der Waals surface area contributed by atoms with Crippen LogP contribution >= 0.6 is 0 Å². The number of primary amides is 1. The number of amides is 1. The predicted molar refractivity (Wildman–Crippen MR) is 55.1 cm³/mol. The standard InChI is InChI=1S/C9H10N2O3S/c1-6(9(10)12)7-4-2-3-5-8(7)11-15(13)14/h2-6H,1H3,(H2,10,12)/t6-/m1/s1. The summed E-state index contributed by atoms with van der Waals surface area (Å²) in [6, 6.07) is 6.48. The zero-order chi connectivity index (χ0) is 11.4. The molecule has 5 nitrogen and oxygen atoms in total. The second-order valence-electron chi connectivity index (χ2n) is 2.99. The van der Waals surface area contributed by atoms with Gasteiger partial charge in [-0.05, 0) is 18.6 Å². The molecule has 0 aromatic heterocycles. The highest BCUT2D eigenvalue weighted by molar-refractivity contribution is 7.61.